The summed E-state index contributed by atoms with van der Waals surface area (Å²) >= 11 is 0. The predicted molar refractivity (Wildman–Crippen MR) is 107 cm³/mol. The van der Waals surface area contributed by atoms with Gasteiger partial charge in [-0.1, -0.05) is 24.3 Å². The van der Waals surface area contributed by atoms with Gasteiger partial charge in [-0.15, -0.1) is 0 Å². The lowest BCUT2D eigenvalue weighted by atomic mass is 10.0. The summed E-state index contributed by atoms with van der Waals surface area (Å²) in [7, 11) is 0. The van der Waals surface area contributed by atoms with Crippen molar-refractivity contribution in [1.82, 2.24) is 19.5 Å². The minimum atomic E-state index is -0.693. The second kappa shape index (κ2) is 6.64. The third-order valence-corrected chi connectivity index (χ3v) is 5.73. The molecule has 2 N–H and O–H groups in total. The maximum absolute atomic E-state index is 11.3. The first-order valence-corrected chi connectivity index (χ1v) is 9.47. The van der Waals surface area contributed by atoms with Crippen LogP contribution in [0.2, 0.25) is 0 Å². The zero-order chi connectivity index (χ0) is 19.1. The first-order valence-electron chi connectivity index (χ1n) is 9.47. The van der Waals surface area contributed by atoms with Gasteiger partial charge in [0.15, 0.2) is 0 Å². The number of pyridine rings is 1. The van der Waals surface area contributed by atoms with Crippen LogP contribution in [0.3, 0.4) is 0 Å². The fourth-order valence-electron chi connectivity index (χ4n) is 4.18. The van der Waals surface area contributed by atoms with Crippen molar-refractivity contribution in [1.29, 1.82) is 0 Å². The predicted octanol–water partition coefficient (Wildman–Crippen LogP) is 4.52. The number of H-pyrrole nitrogens is 1. The average molecular weight is 372 g/mol. The molecule has 0 saturated heterocycles. The Morgan fingerprint density at radius 2 is 1.89 bits per heavy atom. The minimum Gasteiger partial charge on any atom is -0.481 e. The molecule has 6 heteroatoms. The number of benzene rings is 1. The van der Waals surface area contributed by atoms with Gasteiger partial charge in [0.25, 0.3) is 0 Å². The summed E-state index contributed by atoms with van der Waals surface area (Å²) in [5.74, 6) is -0.944. The summed E-state index contributed by atoms with van der Waals surface area (Å²) in [4.78, 5) is 23.2. The van der Waals surface area contributed by atoms with E-state index in [0.29, 0.717) is 6.42 Å². The van der Waals surface area contributed by atoms with Gasteiger partial charge in [-0.25, -0.2) is 9.97 Å². The van der Waals surface area contributed by atoms with E-state index in [-0.39, 0.29) is 12.0 Å². The topological polar surface area (TPSA) is 83.8 Å². The highest BCUT2D eigenvalue weighted by Gasteiger charge is 2.31. The molecule has 3 heterocycles. The number of carbonyl (C=O) groups is 1. The number of carboxylic acid groups (broad SMARTS) is 1. The number of imidazole rings is 1. The normalized spacial score (nSPS) is 19.3. The number of rotatable bonds is 4. The Hall–Kier alpha value is -3.41. The maximum atomic E-state index is 11.3. The molecular formula is C22H20N4O2. The van der Waals surface area contributed by atoms with E-state index >= 15 is 0 Å². The molecule has 6 nitrogen and oxygen atoms in total. The second-order valence-corrected chi connectivity index (χ2v) is 7.41. The van der Waals surface area contributed by atoms with Crippen LogP contribution in [0, 0.1) is 5.92 Å². The Balaban J connectivity index is 1.42. The molecule has 3 aromatic heterocycles. The van der Waals surface area contributed by atoms with Crippen molar-refractivity contribution in [3.63, 3.8) is 0 Å². The largest absolute Gasteiger partial charge is 0.481 e. The third-order valence-electron chi connectivity index (χ3n) is 5.73. The van der Waals surface area contributed by atoms with Crippen LogP contribution >= 0.6 is 0 Å². The highest BCUT2D eigenvalue weighted by atomic mass is 16.4. The van der Waals surface area contributed by atoms with Crippen LogP contribution < -0.4 is 0 Å². The molecule has 0 aliphatic heterocycles. The van der Waals surface area contributed by atoms with Gasteiger partial charge >= 0.3 is 5.97 Å². The summed E-state index contributed by atoms with van der Waals surface area (Å²) in [6.45, 7) is 0. The molecule has 0 amide bonds. The smallest absolute Gasteiger partial charge is 0.306 e. The Morgan fingerprint density at radius 1 is 1.07 bits per heavy atom. The molecule has 28 heavy (non-hydrogen) atoms. The molecule has 1 fully saturated rings. The lowest BCUT2D eigenvalue weighted by Gasteiger charge is -2.16. The molecule has 1 aliphatic carbocycles. The van der Waals surface area contributed by atoms with Gasteiger partial charge < -0.3 is 14.7 Å². The fourth-order valence-corrected chi connectivity index (χ4v) is 4.18. The van der Waals surface area contributed by atoms with Crippen LogP contribution in [0.15, 0.2) is 61.3 Å². The first-order chi connectivity index (χ1) is 13.7. The van der Waals surface area contributed by atoms with Gasteiger partial charge in [0.1, 0.15) is 5.65 Å². The van der Waals surface area contributed by atoms with E-state index in [1.165, 1.54) is 0 Å². The molecule has 140 valence electrons. The molecule has 5 rings (SSSR count). The van der Waals surface area contributed by atoms with E-state index in [1.807, 2.05) is 31.0 Å². The zero-order valence-electron chi connectivity index (χ0n) is 15.2. The van der Waals surface area contributed by atoms with Crippen molar-refractivity contribution in [2.45, 2.75) is 25.3 Å². The van der Waals surface area contributed by atoms with Crippen LogP contribution in [-0.4, -0.2) is 30.6 Å². The van der Waals surface area contributed by atoms with Gasteiger partial charge in [-0.3, -0.25) is 4.79 Å². The Bertz CT molecular complexity index is 1140. The lowest BCUT2D eigenvalue weighted by Crippen LogP contribution is -2.11. The number of nitrogens with zero attached hydrogens (tertiary/aromatic N) is 3. The number of fused-ring (bicyclic) bond motifs is 1. The van der Waals surface area contributed by atoms with E-state index < -0.39 is 5.97 Å². The zero-order valence-corrected chi connectivity index (χ0v) is 15.2. The van der Waals surface area contributed by atoms with Crippen molar-refractivity contribution in [2.24, 2.45) is 5.92 Å². The van der Waals surface area contributed by atoms with Crippen LogP contribution in [0.4, 0.5) is 0 Å². The van der Waals surface area contributed by atoms with Crippen molar-refractivity contribution in [2.75, 3.05) is 0 Å². The van der Waals surface area contributed by atoms with E-state index in [2.05, 4.69) is 49.9 Å². The van der Waals surface area contributed by atoms with Crippen LogP contribution in [0.1, 0.15) is 25.3 Å². The molecule has 1 saturated carbocycles. The summed E-state index contributed by atoms with van der Waals surface area (Å²) in [6.07, 6.45) is 9.72. The van der Waals surface area contributed by atoms with Gasteiger partial charge in [0.2, 0.25) is 0 Å². The van der Waals surface area contributed by atoms with Gasteiger partial charge in [-0.05, 0) is 42.5 Å². The minimum absolute atomic E-state index is 0.193. The monoisotopic (exact) mass is 372 g/mol. The number of aromatic amines is 1. The number of carboxylic acids is 1. The number of hydrogen-bond acceptors (Lipinski definition) is 3. The fraction of sp³-hybridized carbons (Fsp3) is 0.227. The van der Waals surface area contributed by atoms with Crippen LogP contribution in [0.5, 0.6) is 0 Å². The Labute approximate surface area is 161 Å². The van der Waals surface area contributed by atoms with Gasteiger partial charge in [0.05, 0.1) is 24.1 Å². The standard InChI is InChI=1S/C22H20N4O2/c27-22(28)17-5-6-19(10-17)26-13-23-12-20(26)15-3-1-14(2-4-15)18-9-16-7-8-24-21(16)25-11-18/h1-4,7-9,11-13,17,19H,5-6,10H2,(H,24,25)(H,27,28)/t17-,19+/m0/s1. The number of aliphatic carboxylic acids is 1. The number of nitrogens with one attached hydrogen (secondary N) is 1. The van der Waals surface area contributed by atoms with E-state index in [9.17, 15) is 9.90 Å². The molecule has 4 aromatic rings. The lowest BCUT2D eigenvalue weighted by molar-refractivity contribution is -0.141. The molecule has 1 aliphatic rings. The first kappa shape index (κ1) is 16.7. The van der Waals surface area contributed by atoms with E-state index in [4.69, 9.17) is 0 Å². The Morgan fingerprint density at radius 3 is 2.68 bits per heavy atom. The molecule has 1 aromatic carbocycles. The van der Waals surface area contributed by atoms with Crippen LogP contribution in [0.25, 0.3) is 33.4 Å². The molecular weight excluding hydrogens is 352 g/mol. The van der Waals surface area contributed by atoms with Crippen molar-refractivity contribution >= 4 is 17.0 Å². The third kappa shape index (κ3) is 2.87. The summed E-state index contributed by atoms with van der Waals surface area (Å²) in [5, 5.41) is 10.4. The summed E-state index contributed by atoms with van der Waals surface area (Å²) < 4.78 is 2.13. The molecule has 2 atom stereocenters. The van der Waals surface area contributed by atoms with Crippen LogP contribution in [-0.2, 0) is 4.79 Å². The quantitative estimate of drug-likeness (QED) is 0.552. The summed E-state index contributed by atoms with van der Waals surface area (Å²) in [5.41, 5.74) is 5.18. The number of hydrogen-bond donors (Lipinski definition) is 2. The molecule has 0 spiro atoms. The summed E-state index contributed by atoms with van der Waals surface area (Å²) in [6, 6.07) is 12.7. The highest BCUT2D eigenvalue weighted by molar-refractivity contribution is 5.81. The van der Waals surface area contributed by atoms with Crippen molar-refractivity contribution < 1.29 is 9.90 Å². The van der Waals surface area contributed by atoms with Gasteiger partial charge in [0, 0.05) is 29.4 Å². The number of aromatic nitrogens is 4. The maximum Gasteiger partial charge on any atom is 0.306 e. The molecule has 0 radical (unpaired) electrons. The SMILES string of the molecule is O=C(O)[C@H]1CC[C@@H](n2cncc2-c2ccc(-c3cnc4[nH]ccc4c3)cc2)C1. The highest BCUT2D eigenvalue weighted by Crippen LogP contribution is 2.37. The molecule has 0 unspecified atom stereocenters. The molecule has 0 bridgehead atoms. The van der Waals surface area contributed by atoms with Gasteiger partial charge in [-0.2, -0.15) is 0 Å². The second-order valence-electron chi connectivity index (χ2n) is 7.41. The Kier molecular flexibility index (Phi) is 3.97. The average Bonchev–Trinajstić information content (AvgIpc) is 3.47. The van der Waals surface area contributed by atoms with E-state index in [0.717, 1.165) is 46.3 Å². The van der Waals surface area contributed by atoms with E-state index in [1.54, 1.807) is 0 Å². The van der Waals surface area contributed by atoms with Crippen molar-refractivity contribution in [3.8, 4) is 22.4 Å². The van der Waals surface area contributed by atoms with Crippen molar-refractivity contribution in [3.05, 3.63) is 61.3 Å².